The van der Waals surface area contributed by atoms with Gasteiger partial charge in [-0.2, -0.15) is 4.98 Å². The number of rotatable bonds is 6. The van der Waals surface area contributed by atoms with Gasteiger partial charge in [0.1, 0.15) is 5.54 Å². The minimum absolute atomic E-state index is 0.228. The Hall–Kier alpha value is -2.25. The van der Waals surface area contributed by atoms with Crippen molar-refractivity contribution in [3.05, 3.63) is 35.7 Å². The number of amides is 1. The first-order chi connectivity index (χ1) is 13.6. The maximum atomic E-state index is 13.3. The molecular weight excluding hydrogens is 356 g/mol. The SMILES string of the molecule is COCCN1CCCC2(CCCN2Cc2nc(-c3ccc(C)cc3)no2)C1=O. The highest BCUT2D eigenvalue weighted by Crippen LogP contribution is 2.39. The largest absolute Gasteiger partial charge is 0.383 e. The molecule has 150 valence electrons. The topological polar surface area (TPSA) is 71.7 Å². The number of aromatic nitrogens is 2. The maximum Gasteiger partial charge on any atom is 0.243 e. The van der Waals surface area contributed by atoms with Crippen LogP contribution >= 0.6 is 0 Å². The van der Waals surface area contributed by atoms with Crippen LogP contribution in [0.15, 0.2) is 28.8 Å². The van der Waals surface area contributed by atoms with E-state index in [1.165, 1.54) is 5.56 Å². The molecule has 7 nitrogen and oxygen atoms in total. The fraction of sp³-hybridized carbons (Fsp3) is 0.571. The molecule has 2 fully saturated rings. The Morgan fingerprint density at radius 1 is 1.18 bits per heavy atom. The maximum absolute atomic E-state index is 13.3. The standard InChI is InChI=1S/C21H28N4O3/c1-16-5-7-17(8-6-16)19-22-18(28-23-19)15-25-12-4-10-21(25)9-3-11-24(20(21)26)13-14-27-2/h5-8H,3-4,9-15H2,1-2H3. The van der Waals surface area contributed by atoms with Crippen LogP contribution in [-0.2, 0) is 16.1 Å². The van der Waals surface area contributed by atoms with E-state index in [9.17, 15) is 4.79 Å². The van der Waals surface area contributed by atoms with Gasteiger partial charge in [0.2, 0.25) is 17.6 Å². The molecule has 1 spiro atoms. The molecule has 0 aliphatic carbocycles. The van der Waals surface area contributed by atoms with E-state index in [-0.39, 0.29) is 5.91 Å². The van der Waals surface area contributed by atoms with Crippen LogP contribution in [-0.4, -0.2) is 64.7 Å². The number of ether oxygens (including phenoxy) is 1. The second-order valence-electron chi connectivity index (χ2n) is 7.82. The van der Waals surface area contributed by atoms with Gasteiger partial charge >= 0.3 is 0 Å². The number of methoxy groups -OCH3 is 1. The van der Waals surface area contributed by atoms with Crippen molar-refractivity contribution < 1.29 is 14.1 Å². The minimum atomic E-state index is -0.426. The molecule has 2 aliphatic heterocycles. The number of hydrogen-bond acceptors (Lipinski definition) is 6. The van der Waals surface area contributed by atoms with Crippen molar-refractivity contribution in [1.82, 2.24) is 19.9 Å². The smallest absolute Gasteiger partial charge is 0.243 e. The van der Waals surface area contributed by atoms with E-state index in [0.717, 1.165) is 44.3 Å². The molecule has 1 atom stereocenters. The summed E-state index contributed by atoms with van der Waals surface area (Å²) >= 11 is 0. The van der Waals surface area contributed by atoms with Gasteiger partial charge in [0.15, 0.2) is 0 Å². The third kappa shape index (κ3) is 3.56. The lowest BCUT2D eigenvalue weighted by molar-refractivity contribution is -0.148. The Labute approximate surface area is 165 Å². The molecule has 2 saturated heterocycles. The summed E-state index contributed by atoms with van der Waals surface area (Å²) in [7, 11) is 1.67. The van der Waals surface area contributed by atoms with Crippen molar-refractivity contribution in [1.29, 1.82) is 0 Å². The highest BCUT2D eigenvalue weighted by atomic mass is 16.5. The molecule has 2 aromatic rings. The summed E-state index contributed by atoms with van der Waals surface area (Å²) in [5.74, 6) is 1.39. The van der Waals surface area contributed by atoms with Crippen LogP contribution in [0.4, 0.5) is 0 Å². The zero-order valence-corrected chi connectivity index (χ0v) is 16.7. The molecule has 4 rings (SSSR count). The molecule has 0 bridgehead atoms. The molecule has 3 heterocycles. The van der Waals surface area contributed by atoms with Gasteiger partial charge in [-0.15, -0.1) is 0 Å². The lowest BCUT2D eigenvalue weighted by Gasteiger charge is -2.44. The van der Waals surface area contributed by atoms with Crippen LogP contribution in [0.5, 0.6) is 0 Å². The van der Waals surface area contributed by atoms with E-state index < -0.39 is 5.54 Å². The first kappa shape index (κ1) is 19.1. The summed E-state index contributed by atoms with van der Waals surface area (Å²) in [5, 5.41) is 4.14. The first-order valence-corrected chi connectivity index (χ1v) is 10.1. The number of piperidine rings is 1. The monoisotopic (exact) mass is 384 g/mol. The molecule has 1 unspecified atom stereocenters. The van der Waals surface area contributed by atoms with Crippen molar-refractivity contribution in [3.63, 3.8) is 0 Å². The van der Waals surface area contributed by atoms with E-state index in [2.05, 4.69) is 22.0 Å². The molecule has 28 heavy (non-hydrogen) atoms. The quantitative estimate of drug-likeness (QED) is 0.762. The molecule has 0 N–H and O–H groups in total. The van der Waals surface area contributed by atoms with E-state index >= 15 is 0 Å². The zero-order valence-electron chi connectivity index (χ0n) is 16.7. The van der Waals surface area contributed by atoms with E-state index in [1.807, 2.05) is 29.2 Å². The Bertz CT molecular complexity index is 819. The van der Waals surface area contributed by atoms with Crippen LogP contribution in [0.25, 0.3) is 11.4 Å². The fourth-order valence-corrected chi connectivity index (χ4v) is 4.47. The van der Waals surface area contributed by atoms with Gasteiger partial charge in [0.05, 0.1) is 13.2 Å². The number of likely N-dealkylation sites (tertiary alicyclic amines) is 2. The molecule has 0 saturated carbocycles. The lowest BCUT2D eigenvalue weighted by Crippen LogP contribution is -2.60. The molecule has 7 heteroatoms. The van der Waals surface area contributed by atoms with Crippen LogP contribution in [0.2, 0.25) is 0 Å². The summed E-state index contributed by atoms with van der Waals surface area (Å²) in [6.07, 6.45) is 3.83. The van der Waals surface area contributed by atoms with Crippen molar-refractivity contribution in [2.45, 2.75) is 44.7 Å². The van der Waals surface area contributed by atoms with Crippen molar-refractivity contribution >= 4 is 5.91 Å². The zero-order chi connectivity index (χ0) is 19.6. The Balaban J connectivity index is 1.50. The van der Waals surface area contributed by atoms with E-state index in [1.54, 1.807) is 7.11 Å². The fourth-order valence-electron chi connectivity index (χ4n) is 4.47. The summed E-state index contributed by atoms with van der Waals surface area (Å²) in [6.45, 7) is 5.49. The summed E-state index contributed by atoms with van der Waals surface area (Å²) in [6, 6.07) is 8.07. The second kappa shape index (κ2) is 8.01. The van der Waals surface area contributed by atoms with Gasteiger partial charge < -0.3 is 14.2 Å². The molecular formula is C21H28N4O3. The predicted molar refractivity (Wildman–Crippen MR) is 105 cm³/mol. The number of aryl methyl sites for hydroxylation is 1. The summed E-state index contributed by atoms with van der Waals surface area (Å²) in [5.41, 5.74) is 1.71. The lowest BCUT2D eigenvalue weighted by atomic mass is 9.85. The number of nitrogens with zero attached hydrogens (tertiary/aromatic N) is 4. The highest BCUT2D eigenvalue weighted by Gasteiger charge is 2.51. The Morgan fingerprint density at radius 3 is 2.68 bits per heavy atom. The molecule has 2 aliphatic rings. The van der Waals surface area contributed by atoms with Gasteiger partial charge in [-0.05, 0) is 39.2 Å². The third-order valence-electron chi connectivity index (χ3n) is 6.00. The van der Waals surface area contributed by atoms with Crippen LogP contribution in [0, 0.1) is 6.92 Å². The Kier molecular flexibility index (Phi) is 5.46. The van der Waals surface area contributed by atoms with Gasteiger partial charge in [-0.25, -0.2) is 0 Å². The second-order valence-corrected chi connectivity index (χ2v) is 7.82. The Morgan fingerprint density at radius 2 is 1.93 bits per heavy atom. The van der Waals surface area contributed by atoms with Gasteiger partial charge in [0, 0.05) is 25.8 Å². The molecule has 1 aromatic carbocycles. The van der Waals surface area contributed by atoms with Crippen molar-refractivity contribution in [3.8, 4) is 11.4 Å². The first-order valence-electron chi connectivity index (χ1n) is 10.1. The number of carbonyl (C=O) groups excluding carboxylic acids is 1. The van der Waals surface area contributed by atoms with Crippen LogP contribution < -0.4 is 0 Å². The average Bonchev–Trinajstić information content (AvgIpc) is 3.32. The average molecular weight is 384 g/mol. The normalized spacial score (nSPS) is 23.1. The summed E-state index contributed by atoms with van der Waals surface area (Å²) in [4.78, 5) is 22.1. The minimum Gasteiger partial charge on any atom is -0.383 e. The third-order valence-corrected chi connectivity index (χ3v) is 6.00. The van der Waals surface area contributed by atoms with Crippen molar-refractivity contribution in [2.24, 2.45) is 0 Å². The van der Waals surface area contributed by atoms with E-state index in [0.29, 0.717) is 31.4 Å². The summed E-state index contributed by atoms with van der Waals surface area (Å²) < 4.78 is 10.7. The number of carbonyl (C=O) groups is 1. The molecule has 0 radical (unpaired) electrons. The number of hydrogen-bond donors (Lipinski definition) is 0. The molecule has 1 aromatic heterocycles. The van der Waals surface area contributed by atoms with E-state index in [4.69, 9.17) is 9.26 Å². The highest BCUT2D eigenvalue weighted by molar-refractivity contribution is 5.87. The predicted octanol–water partition coefficient (Wildman–Crippen LogP) is 2.65. The van der Waals surface area contributed by atoms with Crippen LogP contribution in [0.1, 0.15) is 37.1 Å². The van der Waals surface area contributed by atoms with Gasteiger partial charge in [-0.1, -0.05) is 35.0 Å². The van der Waals surface area contributed by atoms with Gasteiger partial charge in [0.25, 0.3) is 0 Å². The van der Waals surface area contributed by atoms with Crippen LogP contribution in [0.3, 0.4) is 0 Å². The number of benzene rings is 1. The van der Waals surface area contributed by atoms with Crippen molar-refractivity contribution in [2.75, 3.05) is 33.4 Å². The van der Waals surface area contributed by atoms with Gasteiger partial charge in [-0.3, -0.25) is 9.69 Å². The molecule has 1 amide bonds.